The maximum absolute atomic E-state index is 13.1. The molecule has 2 heterocycles. The summed E-state index contributed by atoms with van der Waals surface area (Å²) in [5.41, 5.74) is 13.3. The summed E-state index contributed by atoms with van der Waals surface area (Å²) in [7, 11) is 0. The number of aliphatic carboxylic acids is 1. The highest BCUT2D eigenvalue weighted by Crippen LogP contribution is 2.19. The maximum atomic E-state index is 13.1. The fraction of sp³-hybridized carbons (Fsp3) is 0.360. The van der Waals surface area contributed by atoms with Gasteiger partial charge in [-0.2, -0.15) is 12.6 Å². The highest BCUT2D eigenvalue weighted by atomic mass is 32.1. The Morgan fingerprint density at radius 1 is 0.950 bits per heavy atom. The Balaban J connectivity index is 1.66. The minimum absolute atomic E-state index is 0.0101. The smallest absolute Gasteiger partial charge is 0.326 e. The van der Waals surface area contributed by atoms with Crippen molar-refractivity contribution in [1.82, 2.24) is 30.9 Å². The Bertz CT molecular complexity index is 1340. The summed E-state index contributed by atoms with van der Waals surface area (Å²) in [6, 6.07) is 2.52. The lowest BCUT2D eigenvalue weighted by atomic mass is 10.0. The summed E-state index contributed by atoms with van der Waals surface area (Å²) >= 11 is 4.13. The van der Waals surface area contributed by atoms with Crippen molar-refractivity contribution >= 4 is 53.1 Å². The molecule has 14 nitrogen and oxygen atoms in total. The van der Waals surface area contributed by atoms with Gasteiger partial charge in [0.2, 0.25) is 23.6 Å². The number of primary amides is 1. The molecule has 3 aromatic rings. The van der Waals surface area contributed by atoms with Gasteiger partial charge in [0.05, 0.1) is 12.4 Å². The van der Waals surface area contributed by atoms with Crippen LogP contribution in [0.4, 0.5) is 0 Å². The summed E-state index contributed by atoms with van der Waals surface area (Å²) in [5.74, 6) is -4.38. The van der Waals surface area contributed by atoms with Crippen molar-refractivity contribution in [2.45, 2.75) is 49.9 Å². The highest BCUT2D eigenvalue weighted by Gasteiger charge is 2.30. The molecule has 10 N–H and O–H groups in total. The zero-order valence-corrected chi connectivity index (χ0v) is 22.3. The maximum Gasteiger partial charge on any atom is 0.326 e. The summed E-state index contributed by atoms with van der Waals surface area (Å²) in [6.45, 7) is 0. The number of imidazole rings is 1. The second-order valence-electron chi connectivity index (χ2n) is 9.16. The molecule has 214 valence electrons. The number of thiol groups is 1. The van der Waals surface area contributed by atoms with E-state index in [2.05, 4.69) is 43.5 Å². The molecular weight excluding hydrogens is 540 g/mol. The van der Waals surface area contributed by atoms with Crippen LogP contribution in [0.1, 0.15) is 24.1 Å². The molecule has 0 aliphatic rings. The molecule has 3 rings (SSSR count). The van der Waals surface area contributed by atoms with Gasteiger partial charge in [0.1, 0.15) is 18.1 Å². The fourth-order valence-electron chi connectivity index (χ4n) is 4.02. The third-order valence-corrected chi connectivity index (χ3v) is 6.54. The topological polar surface area (TPSA) is 238 Å². The van der Waals surface area contributed by atoms with Gasteiger partial charge in [0.15, 0.2) is 0 Å². The second-order valence-corrected chi connectivity index (χ2v) is 9.53. The Kier molecular flexibility index (Phi) is 10.7. The Morgan fingerprint density at radius 2 is 1.62 bits per heavy atom. The van der Waals surface area contributed by atoms with Gasteiger partial charge in [-0.3, -0.25) is 19.2 Å². The number of nitrogens with two attached hydrogens (primary N) is 2. The van der Waals surface area contributed by atoms with Gasteiger partial charge in [-0.15, -0.1) is 0 Å². The quantitative estimate of drug-likeness (QED) is 0.0993. The molecule has 0 fully saturated rings. The van der Waals surface area contributed by atoms with E-state index in [1.807, 2.05) is 24.3 Å². The molecule has 0 aliphatic carbocycles. The van der Waals surface area contributed by atoms with E-state index in [4.69, 9.17) is 11.5 Å². The van der Waals surface area contributed by atoms with E-state index in [1.54, 1.807) is 6.20 Å². The summed E-state index contributed by atoms with van der Waals surface area (Å²) in [5, 5.41) is 18.0. The number of aromatic nitrogens is 3. The van der Waals surface area contributed by atoms with Crippen LogP contribution in [-0.4, -0.2) is 79.6 Å². The number of nitrogens with one attached hydrogen (secondary N) is 5. The van der Waals surface area contributed by atoms with Crippen molar-refractivity contribution in [3.63, 3.8) is 0 Å². The minimum atomic E-state index is -1.29. The zero-order valence-electron chi connectivity index (χ0n) is 21.4. The number of hydrogen-bond donors (Lipinski definition) is 9. The Labute approximate surface area is 234 Å². The van der Waals surface area contributed by atoms with Crippen molar-refractivity contribution in [3.8, 4) is 0 Å². The van der Waals surface area contributed by atoms with Crippen molar-refractivity contribution in [1.29, 1.82) is 0 Å². The van der Waals surface area contributed by atoms with E-state index in [0.717, 1.165) is 10.9 Å². The van der Waals surface area contributed by atoms with Crippen LogP contribution in [0.5, 0.6) is 0 Å². The van der Waals surface area contributed by atoms with Crippen molar-refractivity contribution in [2.75, 3.05) is 5.75 Å². The number of amides is 4. The van der Waals surface area contributed by atoms with E-state index in [9.17, 15) is 29.1 Å². The van der Waals surface area contributed by atoms with E-state index >= 15 is 0 Å². The molecule has 2 aromatic heterocycles. The van der Waals surface area contributed by atoms with Gasteiger partial charge in [-0.25, -0.2) is 9.78 Å². The molecule has 4 unspecified atom stereocenters. The van der Waals surface area contributed by atoms with Crippen LogP contribution in [0.25, 0.3) is 10.9 Å². The lowest BCUT2D eigenvalue weighted by Crippen LogP contribution is -2.58. The predicted octanol–water partition coefficient (Wildman–Crippen LogP) is -1.26. The van der Waals surface area contributed by atoms with Gasteiger partial charge in [0.25, 0.3) is 0 Å². The fourth-order valence-corrected chi connectivity index (χ4v) is 4.28. The molecule has 0 radical (unpaired) electrons. The van der Waals surface area contributed by atoms with Crippen LogP contribution in [0.2, 0.25) is 0 Å². The number of carbonyl (C=O) groups is 5. The SMILES string of the molecule is NC(=O)CCC(NC(=O)C(N)Cc1cnc[nH]1)C(=O)NC(CS)C(=O)NC(Cc1c[nH]c2ccccc12)C(=O)O. The molecular formula is C25H32N8O6S. The third-order valence-electron chi connectivity index (χ3n) is 6.17. The number of nitrogens with zero attached hydrogens (tertiary/aromatic N) is 1. The standard InChI is InChI=1S/C25H32N8O6S/c26-16(8-14-10-28-12-30-14)22(35)31-18(5-6-21(27)34)23(36)33-20(11-40)24(37)32-19(25(38)39)7-13-9-29-17-4-2-1-3-15(13)17/h1-4,9-10,12,16,18-20,29,40H,5-8,11,26H2,(H2,27,34)(H,28,30)(H,31,35)(H,32,37)(H,33,36)(H,38,39). The largest absolute Gasteiger partial charge is 0.480 e. The summed E-state index contributed by atoms with van der Waals surface area (Å²) in [4.78, 5) is 71.7. The van der Waals surface area contributed by atoms with E-state index in [-0.39, 0.29) is 31.4 Å². The number of para-hydroxylation sites is 1. The Hall–Kier alpha value is -4.37. The first-order chi connectivity index (χ1) is 19.1. The van der Waals surface area contributed by atoms with Gasteiger partial charge in [-0.1, -0.05) is 18.2 Å². The average molecular weight is 573 g/mol. The van der Waals surface area contributed by atoms with Crippen LogP contribution >= 0.6 is 12.6 Å². The molecule has 15 heteroatoms. The summed E-state index contributed by atoms with van der Waals surface area (Å²) in [6.07, 6.45) is 4.34. The third kappa shape index (κ3) is 8.31. The number of fused-ring (bicyclic) bond motifs is 1. The molecule has 40 heavy (non-hydrogen) atoms. The molecule has 4 atom stereocenters. The lowest BCUT2D eigenvalue weighted by Gasteiger charge is -2.24. The first-order valence-electron chi connectivity index (χ1n) is 12.4. The first kappa shape index (κ1) is 30.2. The highest BCUT2D eigenvalue weighted by molar-refractivity contribution is 7.80. The average Bonchev–Trinajstić information content (AvgIpc) is 3.58. The number of carbonyl (C=O) groups excluding carboxylic acids is 4. The van der Waals surface area contributed by atoms with Crippen LogP contribution < -0.4 is 27.4 Å². The van der Waals surface area contributed by atoms with Crippen molar-refractivity contribution in [3.05, 3.63) is 54.2 Å². The van der Waals surface area contributed by atoms with E-state index < -0.39 is 53.8 Å². The number of H-pyrrole nitrogens is 2. The monoisotopic (exact) mass is 572 g/mol. The van der Waals surface area contributed by atoms with Gasteiger partial charge in [0, 0.05) is 54.0 Å². The van der Waals surface area contributed by atoms with E-state index in [1.165, 1.54) is 12.5 Å². The van der Waals surface area contributed by atoms with Gasteiger partial charge < -0.3 is 42.5 Å². The molecule has 0 saturated heterocycles. The molecule has 0 saturated carbocycles. The van der Waals surface area contributed by atoms with Crippen molar-refractivity contribution < 1.29 is 29.1 Å². The first-order valence-corrected chi connectivity index (χ1v) is 13.0. The molecule has 0 spiro atoms. The molecule has 4 amide bonds. The number of benzene rings is 1. The zero-order chi connectivity index (χ0) is 29.2. The number of carboxylic acid groups (broad SMARTS) is 1. The van der Waals surface area contributed by atoms with E-state index in [0.29, 0.717) is 11.3 Å². The number of carboxylic acids is 1. The minimum Gasteiger partial charge on any atom is -0.480 e. The van der Waals surface area contributed by atoms with Crippen LogP contribution in [0.3, 0.4) is 0 Å². The van der Waals surface area contributed by atoms with Crippen LogP contribution in [0, 0.1) is 0 Å². The second kappa shape index (κ2) is 14.1. The Morgan fingerprint density at radius 3 is 2.27 bits per heavy atom. The normalized spacial score (nSPS) is 14.1. The molecule has 1 aromatic carbocycles. The van der Waals surface area contributed by atoms with Gasteiger partial charge in [-0.05, 0) is 18.1 Å². The summed E-state index contributed by atoms with van der Waals surface area (Å²) < 4.78 is 0. The number of rotatable bonds is 15. The lowest BCUT2D eigenvalue weighted by molar-refractivity contribution is -0.142. The number of hydrogen-bond acceptors (Lipinski definition) is 8. The molecule has 0 bridgehead atoms. The van der Waals surface area contributed by atoms with Crippen molar-refractivity contribution in [2.24, 2.45) is 11.5 Å². The predicted molar refractivity (Wildman–Crippen MR) is 148 cm³/mol. The van der Waals surface area contributed by atoms with Crippen LogP contribution in [-0.2, 0) is 36.8 Å². The van der Waals surface area contributed by atoms with Gasteiger partial charge >= 0.3 is 5.97 Å². The number of aromatic amines is 2. The van der Waals surface area contributed by atoms with Crippen LogP contribution in [0.15, 0.2) is 43.0 Å². The molecule has 0 aliphatic heterocycles.